The zero-order chi connectivity index (χ0) is 18.8. The molecular weight excluding hydrogens is 314 g/mol. The molecule has 0 radical (unpaired) electrons. The van der Waals surface area contributed by atoms with Crippen molar-refractivity contribution in [2.45, 2.75) is 59.4 Å². The van der Waals surface area contributed by atoms with Gasteiger partial charge in [0, 0.05) is 23.6 Å². The Morgan fingerprint density at radius 1 is 1.23 bits per heavy atom. The lowest BCUT2D eigenvalue weighted by Gasteiger charge is -2.29. The molecule has 26 heavy (non-hydrogen) atoms. The highest BCUT2D eigenvalue weighted by Crippen LogP contribution is 2.41. The molecule has 0 aliphatic carbocycles. The molecule has 2 unspecified atom stereocenters. The van der Waals surface area contributed by atoms with Crippen LogP contribution in [0.25, 0.3) is 11.3 Å². The molecule has 2 aromatic rings. The van der Waals surface area contributed by atoms with Gasteiger partial charge in [-0.1, -0.05) is 49.8 Å². The van der Waals surface area contributed by atoms with Crippen LogP contribution in [0, 0.1) is 12.8 Å². The fourth-order valence-corrected chi connectivity index (χ4v) is 4.53. The van der Waals surface area contributed by atoms with Crippen LogP contribution in [0.4, 0.5) is 0 Å². The van der Waals surface area contributed by atoms with Gasteiger partial charge in [-0.2, -0.15) is 4.57 Å². The van der Waals surface area contributed by atoms with E-state index < -0.39 is 0 Å². The summed E-state index contributed by atoms with van der Waals surface area (Å²) in [6.45, 7) is 15.6. The Labute approximate surface area is 159 Å². The normalized spacial score (nSPS) is 19.2. The van der Waals surface area contributed by atoms with E-state index in [9.17, 15) is 0 Å². The molecule has 1 aromatic carbocycles. The lowest BCUT2D eigenvalue weighted by Crippen LogP contribution is -2.45. The Morgan fingerprint density at radius 3 is 2.69 bits per heavy atom. The Morgan fingerprint density at radius 2 is 2.00 bits per heavy atom. The highest BCUT2D eigenvalue weighted by atomic mass is 15.0. The Hall–Kier alpha value is -2.15. The van der Waals surface area contributed by atoms with E-state index in [0.29, 0.717) is 17.9 Å². The predicted octanol–water partition coefficient (Wildman–Crippen LogP) is 6.55. The van der Waals surface area contributed by atoms with Crippen molar-refractivity contribution in [1.29, 1.82) is 0 Å². The number of benzene rings is 1. The highest BCUT2D eigenvalue weighted by Gasteiger charge is 2.36. The zero-order valence-corrected chi connectivity index (χ0v) is 16.9. The number of aromatic nitrogens is 1. The van der Waals surface area contributed by atoms with Crippen molar-refractivity contribution in [2.24, 2.45) is 5.92 Å². The lowest BCUT2D eigenvalue weighted by atomic mass is 9.79. The average Bonchev–Trinajstić information content (AvgIpc) is 2.61. The van der Waals surface area contributed by atoms with E-state index in [4.69, 9.17) is 0 Å². The van der Waals surface area contributed by atoms with E-state index in [2.05, 4.69) is 94.4 Å². The number of rotatable bonds is 5. The first-order valence-electron chi connectivity index (χ1n) is 9.89. The van der Waals surface area contributed by atoms with Gasteiger partial charge in [0.25, 0.3) is 0 Å². The maximum atomic E-state index is 4.40. The zero-order valence-electron chi connectivity index (χ0n) is 16.9. The maximum absolute atomic E-state index is 4.40. The first-order chi connectivity index (χ1) is 12.4. The van der Waals surface area contributed by atoms with Crippen molar-refractivity contribution < 1.29 is 4.57 Å². The molecule has 136 valence electrons. The highest BCUT2D eigenvalue weighted by molar-refractivity contribution is 5.64. The Kier molecular flexibility index (Phi) is 5.46. The summed E-state index contributed by atoms with van der Waals surface area (Å²) in [4.78, 5) is 0. The number of hydrogen-bond donors (Lipinski definition) is 0. The van der Waals surface area contributed by atoms with Gasteiger partial charge < -0.3 is 0 Å². The van der Waals surface area contributed by atoms with Crippen molar-refractivity contribution in [3.8, 4) is 11.3 Å². The van der Waals surface area contributed by atoms with Crippen LogP contribution in [-0.2, 0) is 0 Å². The van der Waals surface area contributed by atoms with Gasteiger partial charge in [0.1, 0.15) is 0 Å². The molecule has 1 aliphatic rings. The summed E-state index contributed by atoms with van der Waals surface area (Å²) in [5.41, 5.74) is 8.28. The van der Waals surface area contributed by atoms with Crippen LogP contribution < -0.4 is 4.57 Å². The number of hydrogen-bond acceptors (Lipinski definition) is 0. The summed E-state index contributed by atoms with van der Waals surface area (Å²) < 4.78 is 2.45. The van der Waals surface area contributed by atoms with Crippen LogP contribution in [0.3, 0.4) is 0 Å². The first-order valence-corrected chi connectivity index (χ1v) is 9.89. The lowest BCUT2D eigenvalue weighted by molar-refractivity contribution is -0.714. The molecule has 0 saturated carbocycles. The fraction of sp³-hybridized carbons (Fsp3) is 0.400. The standard InChI is InChI=1S/C25H32N/c1-7-21(17(2)3)19(5)12-14-22-20(6)26-15-9-8-10-25(26)23-13-11-18(4)16-24(22)23/h7-11,13,15-17,20,22H,5,12,14H2,1-4,6H3/q+1/b21-7-. The van der Waals surface area contributed by atoms with Crippen LogP contribution in [0.15, 0.2) is 66.4 Å². The largest absolute Gasteiger partial charge is 0.213 e. The van der Waals surface area contributed by atoms with E-state index in [0.717, 1.165) is 12.8 Å². The smallest absolute Gasteiger partial charge is 0.195 e. The van der Waals surface area contributed by atoms with Gasteiger partial charge in [-0.25, -0.2) is 0 Å². The number of allylic oxidation sites excluding steroid dienone is 3. The van der Waals surface area contributed by atoms with Gasteiger partial charge in [-0.3, -0.25) is 0 Å². The predicted molar refractivity (Wildman–Crippen MR) is 111 cm³/mol. The van der Waals surface area contributed by atoms with Crippen molar-refractivity contribution in [3.63, 3.8) is 0 Å². The molecule has 0 amide bonds. The van der Waals surface area contributed by atoms with E-state index in [1.165, 1.54) is 33.5 Å². The van der Waals surface area contributed by atoms with Crippen molar-refractivity contribution >= 4 is 0 Å². The van der Waals surface area contributed by atoms with Crippen LogP contribution in [0.2, 0.25) is 0 Å². The summed E-state index contributed by atoms with van der Waals surface area (Å²) in [5, 5.41) is 0. The topological polar surface area (TPSA) is 3.88 Å². The van der Waals surface area contributed by atoms with Gasteiger partial charge >= 0.3 is 0 Å². The molecule has 0 N–H and O–H groups in total. The van der Waals surface area contributed by atoms with Crippen molar-refractivity contribution in [3.05, 3.63) is 77.5 Å². The molecule has 0 saturated heterocycles. The third-order valence-corrected chi connectivity index (χ3v) is 5.89. The molecular formula is C25H32N+. The minimum Gasteiger partial charge on any atom is -0.195 e. The first kappa shape index (κ1) is 18.6. The molecule has 1 aliphatic heterocycles. The van der Waals surface area contributed by atoms with Gasteiger partial charge in [0.05, 0.1) is 0 Å². The molecule has 2 atom stereocenters. The summed E-state index contributed by atoms with van der Waals surface area (Å²) in [7, 11) is 0. The van der Waals surface area contributed by atoms with Crippen LogP contribution in [-0.4, -0.2) is 0 Å². The molecule has 3 rings (SSSR count). The third-order valence-electron chi connectivity index (χ3n) is 5.89. The monoisotopic (exact) mass is 346 g/mol. The Bertz CT molecular complexity index is 841. The number of nitrogens with zero attached hydrogens (tertiary/aromatic N) is 1. The molecule has 0 bridgehead atoms. The summed E-state index contributed by atoms with van der Waals surface area (Å²) in [5.74, 6) is 1.06. The Balaban J connectivity index is 1.93. The minimum absolute atomic E-state index is 0.460. The van der Waals surface area contributed by atoms with Crippen molar-refractivity contribution in [1.82, 2.24) is 0 Å². The SMILES string of the molecule is C=C(CCC1c2cc(C)ccc2-c2cccc[n+]2C1C)/C(=C\C)C(C)C. The second-order valence-corrected chi connectivity index (χ2v) is 7.97. The van der Waals surface area contributed by atoms with E-state index >= 15 is 0 Å². The van der Waals surface area contributed by atoms with Gasteiger partial charge in [0.2, 0.25) is 5.69 Å². The maximum Gasteiger partial charge on any atom is 0.213 e. The van der Waals surface area contributed by atoms with E-state index in [1.54, 1.807) is 0 Å². The number of aryl methyl sites for hydroxylation is 1. The molecule has 0 spiro atoms. The van der Waals surface area contributed by atoms with Crippen LogP contribution in [0.5, 0.6) is 0 Å². The minimum atomic E-state index is 0.460. The molecule has 0 fully saturated rings. The second kappa shape index (κ2) is 7.61. The van der Waals surface area contributed by atoms with E-state index in [-0.39, 0.29) is 0 Å². The van der Waals surface area contributed by atoms with Crippen LogP contribution in [0.1, 0.15) is 63.6 Å². The van der Waals surface area contributed by atoms with Gasteiger partial charge in [-0.15, -0.1) is 0 Å². The van der Waals surface area contributed by atoms with Crippen LogP contribution >= 0.6 is 0 Å². The number of fused-ring (bicyclic) bond motifs is 3. The fourth-order valence-electron chi connectivity index (χ4n) is 4.53. The average molecular weight is 347 g/mol. The summed E-state index contributed by atoms with van der Waals surface area (Å²) >= 11 is 0. The van der Waals surface area contributed by atoms with Gasteiger partial charge in [0.15, 0.2) is 12.2 Å². The molecule has 2 heterocycles. The summed E-state index contributed by atoms with van der Waals surface area (Å²) in [6, 6.07) is 13.9. The van der Waals surface area contributed by atoms with Gasteiger partial charge in [-0.05, 0) is 62.8 Å². The second-order valence-electron chi connectivity index (χ2n) is 7.97. The third kappa shape index (κ3) is 3.40. The molecule has 1 heteroatoms. The summed E-state index contributed by atoms with van der Waals surface area (Å²) in [6.07, 6.45) is 6.67. The molecule has 1 nitrogen and oxygen atoms in total. The van der Waals surface area contributed by atoms with E-state index in [1.807, 2.05) is 0 Å². The quantitative estimate of drug-likeness (QED) is 0.427. The molecule has 1 aromatic heterocycles. The number of pyridine rings is 1. The van der Waals surface area contributed by atoms with Crippen molar-refractivity contribution in [2.75, 3.05) is 0 Å².